The molecule has 17 heavy (non-hydrogen) atoms. The molecule has 1 aromatic rings. The minimum absolute atomic E-state index is 0.433. The first-order valence-electron chi connectivity index (χ1n) is 4.70. The summed E-state index contributed by atoms with van der Waals surface area (Å²) in [5.41, 5.74) is 7.23. The molecule has 0 fully saturated rings. The van der Waals surface area contributed by atoms with Gasteiger partial charge in [0, 0.05) is 17.8 Å². The molecule has 5 heteroatoms. The molecule has 0 aromatic heterocycles. The number of benzene rings is 1. The fourth-order valence-corrected chi connectivity index (χ4v) is 1.23. The van der Waals surface area contributed by atoms with Crippen molar-refractivity contribution in [1.29, 1.82) is 0 Å². The number of carboxylic acids is 2. The molecule has 88 valence electrons. The number of nitrogen functional groups attached to an aromatic ring is 1. The van der Waals surface area contributed by atoms with E-state index in [1.807, 2.05) is 0 Å². The fourth-order valence-electron chi connectivity index (χ4n) is 1.23. The van der Waals surface area contributed by atoms with E-state index in [0.29, 0.717) is 16.8 Å². The Balaban J connectivity index is 3.02. The van der Waals surface area contributed by atoms with E-state index in [-0.39, 0.29) is 0 Å². The molecule has 0 aliphatic heterocycles. The third kappa shape index (κ3) is 4.65. The first kappa shape index (κ1) is 12.5. The van der Waals surface area contributed by atoms with Gasteiger partial charge in [0.2, 0.25) is 0 Å². The highest BCUT2D eigenvalue weighted by Crippen LogP contribution is 2.14. The molecular formula is C12H11NO4. The normalized spacial score (nSPS) is 11.1. The van der Waals surface area contributed by atoms with Gasteiger partial charge in [0.05, 0.1) is 0 Å². The molecule has 0 aliphatic carbocycles. The number of hydrogen-bond acceptors (Lipinski definition) is 3. The predicted octanol–water partition coefficient (Wildman–Crippen LogP) is 1.46. The SMILES string of the molecule is Nc1cc(/C=C/C(=O)O)cc(/C=C/C(=O)O)c1. The van der Waals surface area contributed by atoms with Crippen LogP contribution >= 0.6 is 0 Å². The Labute approximate surface area is 97.5 Å². The van der Waals surface area contributed by atoms with Gasteiger partial charge in [-0.05, 0) is 41.5 Å². The van der Waals surface area contributed by atoms with Crippen LogP contribution in [0, 0.1) is 0 Å². The molecule has 5 nitrogen and oxygen atoms in total. The Morgan fingerprint density at radius 1 is 0.941 bits per heavy atom. The smallest absolute Gasteiger partial charge is 0.328 e. The standard InChI is InChI=1S/C12H11NO4/c13-10-6-8(1-3-11(14)15)5-9(7-10)2-4-12(16)17/h1-7H,13H2,(H,14,15)(H,16,17)/b3-1+,4-2+. The average molecular weight is 233 g/mol. The maximum absolute atomic E-state index is 10.3. The zero-order chi connectivity index (χ0) is 12.8. The second-order valence-corrected chi connectivity index (χ2v) is 3.28. The van der Waals surface area contributed by atoms with E-state index in [1.54, 1.807) is 18.2 Å². The van der Waals surface area contributed by atoms with Crippen molar-refractivity contribution in [1.82, 2.24) is 0 Å². The van der Waals surface area contributed by atoms with E-state index in [2.05, 4.69) is 0 Å². The van der Waals surface area contributed by atoms with Crippen LogP contribution in [0.1, 0.15) is 11.1 Å². The molecule has 0 spiro atoms. The Kier molecular flexibility index (Phi) is 4.05. The van der Waals surface area contributed by atoms with Crippen LogP contribution in [0.5, 0.6) is 0 Å². The minimum atomic E-state index is -1.06. The number of anilines is 1. The van der Waals surface area contributed by atoms with Crippen molar-refractivity contribution in [2.75, 3.05) is 5.73 Å². The van der Waals surface area contributed by atoms with Crippen LogP contribution in [0.2, 0.25) is 0 Å². The number of hydrogen-bond donors (Lipinski definition) is 3. The Hall–Kier alpha value is -2.56. The van der Waals surface area contributed by atoms with Crippen LogP contribution in [0.25, 0.3) is 12.2 Å². The fraction of sp³-hybridized carbons (Fsp3) is 0. The lowest BCUT2D eigenvalue weighted by atomic mass is 10.1. The summed E-state index contributed by atoms with van der Waals surface area (Å²) in [4.78, 5) is 20.7. The summed E-state index contributed by atoms with van der Waals surface area (Å²) in [7, 11) is 0. The van der Waals surface area contributed by atoms with E-state index in [4.69, 9.17) is 15.9 Å². The summed E-state index contributed by atoms with van der Waals surface area (Å²) in [5.74, 6) is -2.12. The monoisotopic (exact) mass is 233 g/mol. The molecule has 1 rings (SSSR count). The van der Waals surface area contributed by atoms with Gasteiger partial charge in [-0.3, -0.25) is 0 Å². The minimum Gasteiger partial charge on any atom is -0.478 e. The first-order chi connectivity index (χ1) is 7.97. The van der Waals surface area contributed by atoms with E-state index >= 15 is 0 Å². The maximum Gasteiger partial charge on any atom is 0.328 e. The highest BCUT2D eigenvalue weighted by molar-refractivity contribution is 5.87. The predicted molar refractivity (Wildman–Crippen MR) is 64.2 cm³/mol. The van der Waals surface area contributed by atoms with Crippen molar-refractivity contribution in [3.8, 4) is 0 Å². The van der Waals surface area contributed by atoms with Gasteiger partial charge >= 0.3 is 11.9 Å². The molecular weight excluding hydrogens is 222 g/mol. The van der Waals surface area contributed by atoms with E-state index in [0.717, 1.165) is 12.2 Å². The lowest BCUT2D eigenvalue weighted by Gasteiger charge is -2.00. The average Bonchev–Trinajstić information content (AvgIpc) is 2.23. The highest BCUT2D eigenvalue weighted by atomic mass is 16.4. The number of carbonyl (C=O) groups is 2. The largest absolute Gasteiger partial charge is 0.478 e. The van der Waals surface area contributed by atoms with Gasteiger partial charge in [-0.25, -0.2) is 9.59 Å². The maximum atomic E-state index is 10.3. The second kappa shape index (κ2) is 5.50. The van der Waals surface area contributed by atoms with Crippen molar-refractivity contribution >= 4 is 29.8 Å². The van der Waals surface area contributed by atoms with Crippen molar-refractivity contribution in [3.05, 3.63) is 41.5 Å². The van der Waals surface area contributed by atoms with Crippen LogP contribution in [0.3, 0.4) is 0 Å². The molecule has 0 amide bonds. The van der Waals surface area contributed by atoms with E-state index in [1.165, 1.54) is 12.2 Å². The molecule has 0 saturated heterocycles. The highest BCUT2D eigenvalue weighted by Gasteiger charge is 1.96. The number of carboxylic acid groups (broad SMARTS) is 2. The zero-order valence-corrected chi connectivity index (χ0v) is 8.83. The molecule has 0 atom stereocenters. The van der Waals surface area contributed by atoms with Gasteiger partial charge in [0.15, 0.2) is 0 Å². The molecule has 0 aliphatic rings. The summed E-state index contributed by atoms with van der Waals surface area (Å²) in [6.07, 6.45) is 4.74. The Bertz CT molecular complexity index is 461. The van der Waals surface area contributed by atoms with Gasteiger partial charge < -0.3 is 15.9 Å². The summed E-state index contributed by atoms with van der Waals surface area (Å²) in [6.45, 7) is 0. The number of aliphatic carboxylic acids is 2. The molecule has 0 bridgehead atoms. The zero-order valence-electron chi connectivity index (χ0n) is 8.83. The van der Waals surface area contributed by atoms with Gasteiger partial charge in [0.1, 0.15) is 0 Å². The Morgan fingerprint density at radius 3 is 1.71 bits per heavy atom. The summed E-state index contributed by atoms with van der Waals surface area (Å²) < 4.78 is 0. The lowest BCUT2D eigenvalue weighted by Crippen LogP contribution is -1.90. The topological polar surface area (TPSA) is 101 Å². The summed E-state index contributed by atoms with van der Waals surface area (Å²) >= 11 is 0. The van der Waals surface area contributed by atoms with Crippen LogP contribution < -0.4 is 5.73 Å². The number of rotatable bonds is 4. The summed E-state index contributed by atoms with van der Waals surface area (Å²) in [6, 6.07) is 4.82. The van der Waals surface area contributed by atoms with Gasteiger partial charge in [-0.1, -0.05) is 0 Å². The van der Waals surface area contributed by atoms with Crippen molar-refractivity contribution < 1.29 is 19.8 Å². The number of nitrogens with two attached hydrogens (primary N) is 1. The molecule has 0 saturated carbocycles. The second-order valence-electron chi connectivity index (χ2n) is 3.28. The molecule has 0 radical (unpaired) electrons. The van der Waals surface area contributed by atoms with Crippen molar-refractivity contribution in [2.24, 2.45) is 0 Å². The van der Waals surface area contributed by atoms with Gasteiger partial charge in [0.25, 0.3) is 0 Å². The molecule has 4 N–H and O–H groups in total. The van der Waals surface area contributed by atoms with E-state index < -0.39 is 11.9 Å². The van der Waals surface area contributed by atoms with Gasteiger partial charge in [-0.15, -0.1) is 0 Å². The lowest BCUT2D eigenvalue weighted by molar-refractivity contribution is -0.132. The molecule has 0 unspecified atom stereocenters. The quantitative estimate of drug-likeness (QED) is 0.540. The first-order valence-corrected chi connectivity index (χ1v) is 4.70. The molecule has 0 heterocycles. The van der Waals surface area contributed by atoms with Crippen LogP contribution in [-0.2, 0) is 9.59 Å². The van der Waals surface area contributed by atoms with Crippen LogP contribution in [0.15, 0.2) is 30.4 Å². The Morgan fingerprint density at radius 2 is 1.35 bits per heavy atom. The van der Waals surface area contributed by atoms with Gasteiger partial charge in [-0.2, -0.15) is 0 Å². The van der Waals surface area contributed by atoms with Crippen LogP contribution in [-0.4, -0.2) is 22.2 Å². The van der Waals surface area contributed by atoms with Crippen LogP contribution in [0.4, 0.5) is 5.69 Å². The van der Waals surface area contributed by atoms with Crippen molar-refractivity contribution in [3.63, 3.8) is 0 Å². The third-order valence-electron chi connectivity index (χ3n) is 1.84. The molecule has 1 aromatic carbocycles. The van der Waals surface area contributed by atoms with E-state index in [9.17, 15) is 9.59 Å². The van der Waals surface area contributed by atoms with Crippen molar-refractivity contribution in [2.45, 2.75) is 0 Å². The summed E-state index contributed by atoms with van der Waals surface area (Å²) in [5, 5.41) is 17.0. The third-order valence-corrected chi connectivity index (χ3v) is 1.84.